The zero-order chi connectivity index (χ0) is 14.1. The lowest BCUT2D eigenvalue weighted by atomic mass is 10.1. The van der Waals surface area contributed by atoms with Gasteiger partial charge in [-0.05, 0) is 49.5 Å². The summed E-state index contributed by atoms with van der Waals surface area (Å²) < 4.78 is 12.0. The Balaban J connectivity index is 2.56. The van der Waals surface area contributed by atoms with Crippen LogP contribution in [-0.4, -0.2) is 21.8 Å². The van der Waals surface area contributed by atoms with Gasteiger partial charge in [-0.1, -0.05) is 26.0 Å². The molecule has 0 heterocycles. The van der Waals surface area contributed by atoms with Gasteiger partial charge in [-0.15, -0.1) is 0 Å². The van der Waals surface area contributed by atoms with Gasteiger partial charge in [0.2, 0.25) is 0 Å². The minimum atomic E-state index is -2.03. The smallest absolute Gasteiger partial charge is 0.335 e. The van der Waals surface area contributed by atoms with Crippen molar-refractivity contribution < 1.29 is 8.85 Å². The molecule has 0 aliphatic heterocycles. The number of nitrogen functional groups attached to an aromatic ring is 1. The molecule has 0 saturated carbocycles. The Morgan fingerprint density at radius 2 is 1.74 bits per heavy atom. The average molecular weight is 281 g/mol. The largest absolute Gasteiger partial charge is 0.399 e. The Morgan fingerprint density at radius 1 is 1.11 bits per heavy atom. The first-order valence-electron chi connectivity index (χ1n) is 7.22. The van der Waals surface area contributed by atoms with Crippen LogP contribution < -0.4 is 5.73 Å². The molecule has 19 heavy (non-hydrogen) atoms. The Kier molecular flexibility index (Phi) is 7.13. The average Bonchev–Trinajstić information content (AvgIpc) is 2.41. The second kappa shape index (κ2) is 8.35. The molecule has 3 nitrogen and oxygen atoms in total. The lowest BCUT2D eigenvalue weighted by Crippen LogP contribution is -2.39. The van der Waals surface area contributed by atoms with Gasteiger partial charge in [0.25, 0.3) is 0 Å². The molecular formula is C15H27NO2Si. The van der Waals surface area contributed by atoms with Gasteiger partial charge in [-0.25, -0.2) is 0 Å². The van der Waals surface area contributed by atoms with E-state index in [2.05, 4.69) is 26.5 Å². The first-order chi connectivity index (χ1) is 9.09. The van der Waals surface area contributed by atoms with Crippen LogP contribution in [0.25, 0.3) is 0 Å². The van der Waals surface area contributed by atoms with E-state index < -0.39 is 8.56 Å². The molecule has 1 aromatic carbocycles. The highest BCUT2D eigenvalue weighted by Gasteiger charge is 2.30. The lowest BCUT2D eigenvalue weighted by Gasteiger charge is -2.27. The predicted molar refractivity (Wildman–Crippen MR) is 83.5 cm³/mol. The van der Waals surface area contributed by atoms with E-state index in [4.69, 9.17) is 14.6 Å². The molecule has 2 N–H and O–H groups in total. The van der Waals surface area contributed by atoms with E-state index in [1.807, 2.05) is 18.2 Å². The summed E-state index contributed by atoms with van der Waals surface area (Å²) in [5, 5.41) is 0. The van der Waals surface area contributed by atoms with E-state index in [0.717, 1.165) is 44.2 Å². The van der Waals surface area contributed by atoms with Crippen LogP contribution >= 0.6 is 0 Å². The molecule has 1 rings (SSSR count). The van der Waals surface area contributed by atoms with Crippen LogP contribution in [0, 0.1) is 0 Å². The van der Waals surface area contributed by atoms with Crippen molar-refractivity contribution in [2.45, 2.75) is 45.7 Å². The van der Waals surface area contributed by atoms with Gasteiger partial charge in [0.05, 0.1) is 0 Å². The molecule has 0 saturated heterocycles. The van der Waals surface area contributed by atoms with Gasteiger partial charge in [-0.3, -0.25) is 0 Å². The zero-order valence-corrected chi connectivity index (χ0v) is 13.4. The molecular weight excluding hydrogens is 254 g/mol. The molecule has 0 aliphatic rings. The van der Waals surface area contributed by atoms with E-state index in [-0.39, 0.29) is 0 Å². The third kappa shape index (κ3) is 6.23. The summed E-state index contributed by atoms with van der Waals surface area (Å²) in [6.07, 6.45) is 3.05. The van der Waals surface area contributed by atoms with Gasteiger partial charge in [0.1, 0.15) is 0 Å². The summed E-state index contributed by atoms with van der Waals surface area (Å²) in [6.45, 7) is 8.02. The van der Waals surface area contributed by atoms with Crippen LogP contribution in [0.15, 0.2) is 24.3 Å². The predicted octanol–water partition coefficient (Wildman–Crippen LogP) is 3.74. The van der Waals surface area contributed by atoms with E-state index in [1.54, 1.807) is 0 Å². The summed E-state index contributed by atoms with van der Waals surface area (Å²) in [7, 11) is -2.03. The fraction of sp³-hybridized carbons (Fsp3) is 0.600. The number of rotatable bonds is 9. The van der Waals surface area contributed by atoms with E-state index in [1.165, 1.54) is 5.56 Å². The number of aryl methyl sites for hydroxylation is 1. The van der Waals surface area contributed by atoms with Crippen molar-refractivity contribution in [3.63, 3.8) is 0 Å². The minimum Gasteiger partial charge on any atom is -0.399 e. The van der Waals surface area contributed by atoms with E-state index in [0.29, 0.717) is 0 Å². The van der Waals surface area contributed by atoms with Crippen molar-refractivity contribution in [1.29, 1.82) is 0 Å². The monoisotopic (exact) mass is 281 g/mol. The van der Waals surface area contributed by atoms with Crippen LogP contribution in [0.3, 0.4) is 0 Å². The maximum Gasteiger partial charge on any atom is 0.335 e. The fourth-order valence-electron chi connectivity index (χ4n) is 1.94. The Morgan fingerprint density at radius 3 is 2.26 bits per heavy atom. The molecule has 0 amide bonds. The normalized spacial score (nSPS) is 11.7. The number of benzene rings is 1. The fourth-order valence-corrected chi connectivity index (χ4v) is 4.33. The van der Waals surface area contributed by atoms with Crippen LogP contribution in [-0.2, 0) is 15.3 Å². The van der Waals surface area contributed by atoms with Gasteiger partial charge in [-0.2, -0.15) is 0 Å². The van der Waals surface area contributed by atoms with Crippen LogP contribution in [0.2, 0.25) is 12.6 Å². The summed E-state index contributed by atoms with van der Waals surface area (Å²) in [6, 6.07) is 9.06. The highest BCUT2D eigenvalue weighted by molar-refractivity contribution is 6.66. The van der Waals surface area contributed by atoms with Gasteiger partial charge >= 0.3 is 8.56 Å². The number of nitrogens with two attached hydrogens (primary N) is 1. The first kappa shape index (κ1) is 16.2. The molecule has 0 atom stereocenters. The Labute approximate surface area is 118 Å². The third-order valence-corrected chi connectivity index (χ3v) is 5.83. The molecule has 0 fully saturated rings. The molecule has 0 aromatic heterocycles. The highest BCUT2D eigenvalue weighted by Crippen LogP contribution is 2.19. The number of anilines is 1. The molecule has 0 radical (unpaired) electrons. The highest BCUT2D eigenvalue weighted by atomic mass is 28.4. The van der Waals surface area contributed by atoms with Crippen molar-refractivity contribution in [2.24, 2.45) is 0 Å². The molecule has 1 aromatic rings. The summed E-state index contributed by atoms with van der Waals surface area (Å²) >= 11 is 0. The maximum absolute atomic E-state index is 6.02. The quantitative estimate of drug-likeness (QED) is 0.554. The standard InChI is InChI=1S/C15H27NO2Si/c1-4-10-17-19(3,18-11-5-2)12-9-14-7-6-8-15(16)13-14/h6-8,13H,4-5,9-12,16H2,1-3H3. The van der Waals surface area contributed by atoms with Crippen molar-refractivity contribution in [1.82, 2.24) is 0 Å². The lowest BCUT2D eigenvalue weighted by molar-refractivity contribution is 0.173. The minimum absolute atomic E-state index is 0.795. The molecule has 4 heteroatoms. The summed E-state index contributed by atoms with van der Waals surface area (Å²) in [5.41, 5.74) is 7.89. The SMILES string of the molecule is CCCO[Si](C)(CCc1cccc(N)c1)OCCC. The molecule has 0 bridgehead atoms. The first-order valence-corrected chi connectivity index (χ1v) is 9.74. The van der Waals surface area contributed by atoms with Crippen LogP contribution in [0.4, 0.5) is 5.69 Å². The van der Waals surface area contributed by atoms with E-state index >= 15 is 0 Å². The van der Waals surface area contributed by atoms with Crippen LogP contribution in [0.5, 0.6) is 0 Å². The second-order valence-electron chi connectivity index (χ2n) is 5.08. The van der Waals surface area contributed by atoms with Crippen molar-refractivity contribution >= 4 is 14.2 Å². The van der Waals surface area contributed by atoms with Gasteiger partial charge in [0, 0.05) is 18.9 Å². The Bertz CT molecular complexity index is 363. The topological polar surface area (TPSA) is 44.5 Å². The number of hydrogen-bond acceptors (Lipinski definition) is 3. The molecule has 0 aliphatic carbocycles. The zero-order valence-electron chi connectivity index (χ0n) is 12.4. The Hall–Kier alpha value is -0.843. The van der Waals surface area contributed by atoms with Crippen molar-refractivity contribution in [2.75, 3.05) is 18.9 Å². The third-order valence-electron chi connectivity index (χ3n) is 3.04. The van der Waals surface area contributed by atoms with Crippen LogP contribution in [0.1, 0.15) is 32.3 Å². The summed E-state index contributed by atoms with van der Waals surface area (Å²) in [4.78, 5) is 0. The van der Waals surface area contributed by atoms with Gasteiger partial charge in [0.15, 0.2) is 0 Å². The van der Waals surface area contributed by atoms with Crippen molar-refractivity contribution in [3.05, 3.63) is 29.8 Å². The molecule has 0 unspecified atom stereocenters. The summed E-state index contributed by atoms with van der Waals surface area (Å²) in [5.74, 6) is 0. The van der Waals surface area contributed by atoms with Gasteiger partial charge < -0.3 is 14.6 Å². The number of hydrogen-bond donors (Lipinski definition) is 1. The maximum atomic E-state index is 6.02. The molecule has 108 valence electrons. The second-order valence-corrected chi connectivity index (χ2v) is 8.42. The molecule has 0 spiro atoms. The van der Waals surface area contributed by atoms with Crippen molar-refractivity contribution in [3.8, 4) is 0 Å². The van der Waals surface area contributed by atoms with E-state index in [9.17, 15) is 0 Å².